The SMILES string of the molecule is COc1ccc(OC)c(S(=O)(=O)Nc2cccc3c2CCCC3)c1. The molecule has 0 saturated carbocycles. The maximum Gasteiger partial charge on any atom is 0.265 e. The normalized spacial score (nSPS) is 13.9. The molecule has 0 atom stereocenters. The number of rotatable bonds is 5. The standard InChI is InChI=1S/C18H21NO4S/c1-22-14-10-11-17(23-2)18(12-14)24(20,21)19-16-9-5-7-13-6-3-4-8-15(13)16/h5,7,9-12,19H,3-4,6,8H2,1-2H3. The molecule has 24 heavy (non-hydrogen) atoms. The zero-order valence-electron chi connectivity index (χ0n) is 13.8. The highest BCUT2D eigenvalue weighted by atomic mass is 32.2. The summed E-state index contributed by atoms with van der Waals surface area (Å²) in [4.78, 5) is 0.0674. The highest BCUT2D eigenvalue weighted by Gasteiger charge is 2.23. The summed E-state index contributed by atoms with van der Waals surface area (Å²) >= 11 is 0. The largest absolute Gasteiger partial charge is 0.497 e. The molecule has 6 heteroatoms. The smallest absolute Gasteiger partial charge is 0.265 e. The van der Waals surface area contributed by atoms with Crippen LogP contribution in [0.4, 0.5) is 5.69 Å². The van der Waals surface area contributed by atoms with Gasteiger partial charge in [0.2, 0.25) is 0 Å². The number of methoxy groups -OCH3 is 2. The predicted molar refractivity (Wildman–Crippen MR) is 93.4 cm³/mol. The molecule has 2 aromatic rings. The summed E-state index contributed by atoms with van der Waals surface area (Å²) in [5, 5.41) is 0. The quantitative estimate of drug-likeness (QED) is 0.900. The monoisotopic (exact) mass is 347 g/mol. The molecule has 128 valence electrons. The van der Waals surface area contributed by atoms with E-state index >= 15 is 0 Å². The molecule has 0 heterocycles. The van der Waals surface area contributed by atoms with Gasteiger partial charge in [-0.25, -0.2) is 8.42 Å². The maximum atomic E-state index is 12.9. The van der Waals surface area contributed by atoms with Gasteiger partial charge >= 0.3 is 0 Å². The van der Waals surface area contributed by atoms with E-state index in [0.29, 0.717) is 11.4 Å². The molecule has 0 saturated heterocycles. The number of anilines is 1. The topological polar surface area (TPSA) is 64.6 Å². The number of ether oxygens (including phenoxy) is 2. The molecule has 2 aromatic carbocycles. The summed E-state index contributed by atoms with van der Waals surface area (Å²) in [6, 6.07) is 10.5. The molecule has 0 bridgehead atoms. The highest BCUT2D eigenvalue weighted by molar-refractivity contribution is 7.92. The van der Waals surface area contributed by atoms with Crippen molar-refractivity contribution < 1.29 is 17.9 Å². The molecular weight excluding hydrogens is 326 g/mol. The molecule has 0 amide bonds. The van der Waals surface area contributed by atoms with Gasteiger partial charge in [0.05, 0.1) is 19.9 Å². The molecule has 0 aromatic heterocycles. The van der Waals surface area contributed by atoms with Crippen LogP contribution in [-0.2, 0) is 22.9 Å². The Kier molecular flexibility index (Phi) is 4.66. The third-order valence-corrected chi connectivity index (χ3v) is 5.69. The first-order valence-electron chi connectivity index (χ1n) is 7.91. The van der Waals surface area contributed by atoms with Crippen molar-refractivity contribution in [3.8, 4) is 11.5 Å². The van der Waals surface area contributed by atoms with Crippen LogP contribution in [0.25, 0.3) is 0 Å². The first-order valence-corrected chi connectivity index (χ1v) is 9.39. The minimum atomic E-state index is -3.78. The third-order valence-electron chi connectivity index (χ3n) is 4.30. The van der Waals surface area contributed by atoms with Gasteiger partial charge in [0, 0.05) is 6.07 Å². The Labute approximate surface area is 142 Å². The van der Waals surface area contributed by atoms with Crippen molar-refractivity contribution >= 4 is 15.7 Å². The number of hydrogen-bond donors (Lipinski definition) is 1. The van der Waals surface area contributed by atoms with Gasteiger partial charge in [0.25, 0.3) is 10.0 Å². The fraction of sp³-hybridized carbons (Fsp3) is 0.333. The van der Waals surface area contributed by atoms with Gasteiger partial charge in [-0.05, 0) is 55.0 Å². The number of sulfonamides is 1. The minimum Gasteiger partial charge on any atom is -0.497 e. The van der Waals surface area contributed by atoms with Crippen LogP contribution in [0.2, 0.25) is 0 Å². The Morgan fingerprint density at radius 2 is 1.79 bits per heavy atom. The Morgan fingerprint density at radius 3 is 2.54 bits per heavy atom. The number of nitrogens with one attached hydrogen (secondary N) is 1. The lowest BCUT2D eigenvalue weighted by Crippen LogP contribution is -2.17. The second-order valence-corrected chi connectivity index (χ2v) is 7.42. The van der Waals surface area contributed by atoms with Crippen LogP contribution in [-0.4, -0.2) is 22.6 Å². The molecule has 0 spiro atoms. The Morgan fingerprint density at radius 1 is 1.00 bits per heavy atom. The van der Waals surface area contributed by atoms with Gasteiger partial charge in [-0.15, -0.1) is 0 Å². The third kappa shape index (κ3) is 3.19. The van der Waals surface area contributed by atoms with Crippen molar-refractivity contribution in [2.75, 3.05) is 18.9 Å². The summed E-state index contributed by atoms with van der Waals surface area (Å²) in [7, 11) is -0.828. The summed E-state index contributed by atoms with van der Waals surface area (Å²) in [6.45, 7) is 0. The lowest BCUT2D eigenvalue weighted by molar-refractivity contribution is 0.392. The van der Waals surface area contributed by atoms with Crippen LogP contribution < -0.4 is 14.2 Å². The van der Waals surface area contributed by atoms with Crippen LogP contribution in [0.3, 0.4) is 0 Å². The Bertz CT molecular complexity index is 846. The lowest BCUT2D eigenvalue weighted by Gasteiger charge is -2.20. The summed E-state index contributed by atoms with van der Waals surface area (Å²) in [5.74, 6) is 0.749. The van der Waals surface area contributed by atoms with E-state index in [1.807, 2.05) is 12.1 Å². The van der Waals surface area contributed by atoms with Crippen LogP contribution in [0.15, 0.2) is 41.3 Å². The average Bonchev–Trinajstić information content (AvgIpc) is 2.61. The molecule has 0 radical (unpaired) electrons. The van der Waals surface area contributed by atoms with E-state index in [-0.39, 0.29) is 10.6 Å². The molecule has 1 aliphatic carbocycles. The average molecular weight is 347 g/mol. The van der Waals surface area contributed by atoms with Gasteiger partial charge in [0.1, 0.15) is 16.4 Å². The Hall–Kier alpha value is -2.21. The number of benzene rings is 2. The summed E-state index contributed by atoms with van der Waals surface area (Å²) in [6.07, 6.45) is 4.11. The summed E-state index contributed by atoms with van der Waals surface area (Å²) < 4.78 is 38.9. The van der Waals surface area contributed by atoms with Gasteiger partial charge in [-0.3, -0.25) is 4.72 Å². The van der Waals surface area contributed by atoms with E-state index < -0.39 is 10.0 Å². The zero-order chi connectivity index (χ0) is 17.2. The van der Waals surface area contributed by atoms with E-state index in [9.17, 15) is 8.42 Å². The van der Waals surface area contributed by atoms with Crippen LogP contribution >= 0.6 is 0 Å². The minimum absolute atomic E-state index is 0.0674. The number of hydrogen-bond acceptors (Lipinski definition) is 4. The lowest BCUT2D eigenvalue weighted by atomic mass is 9.91. The van der Waals surface area contributed by atoms with Crippen LogP contribution in [0.5, 0.6) is 11.5 Å². The van der Waals surface area contributed by atoms with Crippen molar-refractivity contribution in [1.82, 2.24) is 0 Å². The van der Waals surface area contributed by atoms with Gasteiger partial charge < -0.3 is 9.47 Å². The van der Waals surface area contributed by atoms with Crippen molar-refractivity contribution in [1.29, 1.82) is 0 Å². The van der Waals surface area contributed by atoms with Crippen molar-refractivity contribution in [3.63, 3.8) is 0 Å². The fourth-order valence-corrected chi connectivity index (χ4v) is 4.35. The zero-order valence-corrected chi connectivity index (χ0v) is 14.7. The Balaban J connectivity index is 2.01. The van der Waals surface area contributed by atoms with E-state index in [4.69, 9.17) is 9.47 Å². The van der Waals surface area contributed by atoms with Crippen LogP contribution in [0, 0.1) is 0 Å². The molecule has 1 aliphatic rings. The van der Waals surface area contributed by atoms with Gasteiger partial charge in [-0.1, -0.05) is 12.1 Å². The highest BCUT2D eigenvalue weighted by Crippen LogP contribution is 2.33. The molecule has 0 aliphatic heterocycles. The predicted octanol–water partition coefficient (Wildman–Crippen LogP) is 3.38. The van der Waals surface area contributed by atoms with Gasteiger partial charge in [-0.2, -0.15) is 0 Å². The van der Waals surface area contributed by atoms with Crippen molar-refractivity contribution in [2.24, 2.45) is 0 Å². The summed E-state index contributed by atoms with van der Waals surface area (Å²) in [5.41, 5.74) is 2.96. The molecule has 5 nitrogen and oxygen atoms in total. The van der Waals surface area contributed by atoms with Crippen molar-refractivity contribution in [2.45, 2.75) is 30.6 Å². The van der Waals surface area contributed by atoms with E-state index in [0.717, 1.165) is 31.2 Å². The van der Waals surface area contributed by atoms with Gasteiger partial charge in [0.15, 0.2) is 0 Å². The van der Waals surface area contributed by atoms with Crippen molar-refractivity contribution in [3.05, 3.63) is 47.5 Å². The molecular formula is C18H21NO4S. The second kappa shape index (κ2) is 6.73. The van der Waals surface area contributed by atoms with E-state index in [1.165, 1.54) is 25.8 Å². The number of fused-ring (bicyclic) bond motifs is 1. The first-order chi connectivity index (χ1) is 11.5. The van der Waals surface area contributed by atoms with Crippen LogP contribution in [0.1, 0.15) is 24.0 Å². The maximum absolute atomic E-state index is 12.9. The molecule has 3 rings (SSSR count). The number of aryl methyl sites for hydroxylation is 1. The first kappa shape index (κ1) is 16.6. The second-order valence-electron chi connectivity index (χ2n) is 5.77. The molecule has 1 N–H and O–H groups in total. The fourth-order valence-electron chi connectivity index (χ4n) is 3.07. The molecule has 0 fully saturated rings. The molecule has 0 unspecified atom stereocenters. The van der Waals surface area contributed by atoms with E-state index in [2.05, 4.69) is 10.8 Å². The van der Waals surface area contributed by atoms with E-state index in [1.54, 1.807) is 12.1 Å².